The van der Waals surface area contributed by atoms with Gasteiger partial charge in [0.15, 0.2) is 0 Å². The molecule has 0 saturated carbocycles. The Morgan fingerprint density at radius 3 is 2.15 bits per heavy atom. The van der Waals surface area contributed by atoms with Gasteiger partial charge in [0, 0.05) is 37.1 Å². The highest BCUT2D eigenvalue weighted by Crippen LogP contribution is 2.34. The Balaban J connectivity index is 0.00000144. The van der Waals surface area contributed by atoms with Crippen molar-refractivity contribution in [2.24, 2.45) is 0 Å². The van der Waals surface area contributed by atoms with Crippen LogP contribution >= 0.6 is 23.2 Å². The molecular weight excluding hydrogens is 553 g/mol. The topological polar surface area (TPSA) is 124 Å². The van der Waals surface area contributed by atoms with Crippen molar-refractivity contribution in [1.29, 1.82) is 0 Å². The van der Waals surface area contributed by atoms with Crippen molar-refractivity contribution in [2.75, 3.05) is 31.1 Å². The number of aromatic nitrogens is 1. The molecule has 0 bridgehead atoms. The van der Waals surface area contributed by atoms with Gasteiger partial charge in [0.1, 0.15) is 5.69 Å². The van der Waals surface area contributed by atoms with Gasteiger partial charge >= 0.3 is 11.2 Å². The maximum atomic E-state index is 13.5. The van der Waals surface area contributed by atoms with Gasteiger partial charge in [-0.25, -0.2) is 0 Å². The molecule has 9 nitrogen and oxygen atoms in total. The molecule has 4 aromatic rings. The first-order valence-electron chi connectivity index (χ1n) is 12.7. The lowest BCUT2D eigenvalue weighted by molar-refractivity contribution is -0.385. The van der Waals surface area contributed by atoms with Crippen molar-refractivity contribution >= 4 is 51.4 Å². The van der Waals surface area contributed by atoms with Crippen molar-refractivity contribution in [3.05, 3.63) is 114 Å². The zero-order valence-corrected chi connectivity index (χ0v) is 23.9. The first-order valence-corrected chi connectivity index (χ1v) is 13.4. The molecule has 0 radical (unpaired) electrons. The van der Waals surface area contributed by atoms with Crippen LogP contribution in [-0.4, -0.2) is 46.5 Å². The molecule has 1 amide bonds. The number of nitro groups is 1. The van der Waals surface area contributed by atoms with Crippen LogP contribution < -0.4 is 16.6 Å². The number of nitrogens with zero attached hydrogens (tertiary/aromatic N) is 4. The van der Waals surface area contributed by atoms with E-state index in [2.05, 4.69) is 0 Å². The number of hydrogen-bond donors (Lipinski definition) is 1. The summed E-state index contributed by atoms with van der Waals surface area (Å²) in [5.74, 6) is -0.198. The Morgan fingerprint density at radius 2 is 1.52 bits per heavy atom. The van der Waals surface area contributed by atoms with Crippen molar-refractivity contribution < 1.29 is 9.72 Å². The zero-order valence-electron chi connectivity index (χ0n) is 22.3. The second kappa shape index (κ2) is 13.4. The normalized spacial score (nSPS) is 12.8. The molecule has 0 atom stereocenters. The number of carbonyl (C=O) groups excluding carboxylic acids is 1. The third-order valence-electron chi connectivity index (χ3n) is 6.54. The van der Waals surface area contributed by atoms with Crippen LogP contribution in [0.1, 0.15) is 29.8 Å². The Hall–Kier alpha value is -3.92. The summed E-state index contributed by atoms with van der Waals surface area (Å²) < 4.78 is 1.45. The molecule has 0 unspecified atom stereocenters. The molecule has 1 aromatic heterocycles. The number of hydrogen-bond acceptors (Lipinski definition) is 6. The number of piperazine rings is 1. The van der Waals surface area contributed by atoms with Crippen LogP contribution in [0.4, 0.5) is 11.4 Å². The van der Waals surface area contributed by atoms with Gasteiger partial charge < -0.3 is 16.0 Å². The first kappa shape index (κ1) is 30.6. The van der Waals surface area contributed by atoms with Gasteiger partial charge in [-0.15, -0.1) is 0 Å². The minimum Gasteiger partial charge on any atom is -0.362 e. The van der Waals surface area contributed by atoms with Crippen LogP contribution in [0.3, 0.4) is 0 Å². The second-order valence-corrected chi connectivity index (χ2v) is 9.57. The monoisotopic (exact) mass is 583 g/mol. The Morgan fingerprint density at radius 1 is 0.900 bits per heavy atom. The number of rotatable bonds is 5. The molecule has 40 heavy (non-hydrogen) atoms. The SMILES string of the molecule is CC.N.O=C(c1ccc(Cl)c(Cl)c1)N1CCN(c2c([N+](=O)[O-])c(=O)n(Cc3ccccc3)c3ccccc23)CC1. The maximum absolute atomic E-state index is 13.5. The molecular formula is C29H31Cl2N5O4. The van der Waals surface area contributed by atoms with Crippen molar-refractivity contribution in [1.82, 2.24) is 15.6 Å². The van der Waals surface area contributed by atoms with E-state index in [1.165, 1.54) is 10.6 Å². The van der Waals surface area contributed by atoms with E-state index >= 15 is 0 Å². The van der Waals surface area contributed by atoms with Crippen LogP contribution in [0.25, 0.3) is 10.9 Å². The lowest BCUT2D eigenvalue weighted by Gasteiger charge is -2.36. The number of carbonyl (C=O) groups is 1. The van der Waals surface area contributed by atoms with E-state index in [0.29, 0.717) is 52.7 Å². The van der Waals surface area contributed by atoms with E-state index in [1.807, 2.05) is 55.1 Å². The fourth-order valence-corrected chi connectivity index (χ4v) is 5.03. The largest absolute Gasteiger partial charge is 0.362 e. The van der Waals surface area contributed by atoms with Gasteiger partial charge in [-0.3, -0.25) is 24.3 Å². The highest BCUT2D eigenvalue weighted by Gasteiger charge is 2.32. The molecule has 1 aliphatic heterocycles. The second-order valence-electron chi connectivity index (χ2n) is 8.76. The van der Waals surface area contributed by atoms with Gasteiger partial charge in [0.25, 0.3) is 5.91 Å². The molecule has 5 rings (SSSR count). The van der Waals surface area contributed by atoms with Crippen molar-refractivity contribution in [2.45, 2.75) is 20.4 Å². The number of halogens is 2. The molecule has 0 spiro atoms. The number of amides is 1. The smallest absolute Gasteiger partial charge is 0.357 e. The van der Waals surface area contributed by atoms with Crippen molar-refractivity contribution in [3.8, 4) is 0 Å². The third-order valence-corrected chi connectivity index (χ3v) is 7.28. The summed E-state index contributed by atoms with van der Waals surface area (Å²) in [7, 11) is 0. The Bertz CT molecular complexity index is 1570. The molecule has 11 heteroatoms. The highest BCUT2D eigenvalue weighted by molar-refractivity contribution is 6.42. The van der Waals surface area contributed by atoms with Crippen LogP contribution in [0.15, 0.2) is 77.6 Å². The van der Waals surface area contributed by atoms with Gasteiger partial charge in [-0.1, -0.05) is 85.6 Å². The lowest BCUT2D eigenvalue weighted by atomic mass is 10.1. The summed E-state index contributed by atoms with van der Waals surface area (Å²) in [6, 6.07) is 21.3. The van der Waals surface area contributed by atoms with Crippen molar-refractivity contribution in [3.63, 3.8) is 0 Å². The Kier molecular flexibility index (Phi) is 10.3. The van der Waals surface area contributed by atoms with E-state index in [1.54, 1.807) is 35.2 Å². The van der Waals surface area contributed by atoms with Gasteiger partial charge in [-0.2, -0.15) is 0 Å². The van der Waals surface area contributed by atoms with E-state index in [9.17, 15) is 19.7 Å². The van der Waals surface area contributed by atoms with Crippen LogP contribution in [0, 0.1) is 10.1 Å². The predicted octanol–water partition coefficient (Wildman–Crippen LogP) is 6.42. The summed E-state index contributed by atoms with van der Waals surface area (Å²) in [4.78, 5) is 41.7. The summed E-state index contributed by atoms with van der Waals surface area (Å²) in [5.41, 5.74) is 1.08. The number of anilines is 1. The fraction of sp³-hybridized carbons (Fsp3) is 0.241. The van der Waals surface area contributed by atoms with Crippen LogP contribution in [0.2, 0.25) is 10.0 Å². The maximum Gasteiger partial charge on any atom is 0.357 e. The van der Waals surface area contributed by atoms with E-state index in [-0.39, 0.29) is 24.3 Å². The number of fused-ring (bicyclic) bond motifs is 1. The minimum absolute atomic E-state index is 0. The van der Waals surface area contributed by atoms with Gasteiger partial charge in [0.05, 0.1) is 27.0 Å². The quantitative estimate of drug-likeness (QED) is 0.213. The number of para-hydroxylation sites is 1. The predicted molar refractivity (Wildman–Crippen MR) is 161 cm³/mol. The van der Waals surface area contributed by atoms with Crippen LogP contribution in [0.5, 0.6) is 0 Å². The third kappa shape index (κ3) is 6.12. The lowest BCUT2D eigenvalue weighted by Crippen LogP contribution is -2.49. The Labute approximate surface area is 242 Å². The first-order chi connectivity index (χ1) is 18.8. The minimum atomic E-state index is -0.656. The zero-order chi connectivity index (χ0) is 28.1. The van der Waals surface area contributed by atoms with Crippen LogP contribution in [-0.2, 0) is 6.54 Å². The molecule has 1 saturated heterocycles. The molecule has 3 N–H and O–H groups in total. The molecule has 1 fully saturated rings. The van der Waals surface area contributed by atoms with E-state index in [4.69, 9.17) is 23.2 Å². The standard InChI is InChI=1S/C27H22Cl2N4O4.C2H6.H3N/c28-21-11-10-19(16-22(21)29)26(34)31-14-12-30(13-15-31)24-20-8-4-5-9-23(20)32(27(35)25(24)33(36)37)17-18-6-2-1-3-7-18;1-2;/h1-11,16H,12-15,17H2;1-2H3;1H3. The molecule has 2 heterocycles. The van der Waals surface area contributed by atoms with Gasteiger partial charge in [0.2, 0.25) is 0 Å². The summed E-state index contributed by atoms with van der Waals surface area (Å²) in [6.07, 6.45) is 0. The molecule has 1 aliphatic rings. The highest BCUT2D eigenvalue weighted by atomic mass is 35.5. The van der Waals surface area contributed by atoms with Gasteiger partial charge in [-0.05, 0) is 29.8 Å². The summed E-state index contributed by atoms with van der Waals surface area (Å²) >= 11 is 12.0. The van der Waals surface area contributed by atoms with E-state index < -0.39 is 16.2 Å². The molecule has 3 aromatic carbocycles. The fourth-order valence-electron chi connectivity index (χ4n) is 4.73. The summed E-state index contributed by atoms with van der Waals surface area (Å²) in [6.45, 7) is 5.54. The summed E-state index contributed by atoms with van der Waals surface area (Å²) in [5, 5.41) is 13.5. The molecule has 210 valence electrons. The molecule has 0 aliphatic carbocycles. The average molecular weight is 585 g/mol. The average Bonchev–Trinajstić information content (AvgIpc) is 2.97. The van der Waals surface area contributed by atoms with E-state index in [0.717, 1.165) is 5.56 Å². The number of pyridine rings is 1. The number of benzene rings is 3.